The van der Waals surface area contributed by atoms with Crippen molar-refractivity contribution in [2.24, 2.45) is 0 Å². The van der Waals surface area contributed by atoms with Crippen molar-refractivity contribution in [2.45, 2.75) is 52.0 Å². The summed E-state index contributed by atoms with van der Waals surface area (Å²) >= 11 is 0. The molecule has 1 atom stereocenters. The predicted octanol–water partition coefficient (Wildman–Crippen LogP) is 3.55. The molecule has 0 aromatic carbocycles. The molecule has 18 heavy (non-hydrogen) atoms. The van der Waals surface area contributed by atoms with Crippen LogP contribution in [-0.4, -0.2) is 22.1 Å². The Labute approximate surface area is 108 Å². The number of aromatic nitrogens is 1. The lowest BCUT2D eigenvalue weighted by Crippen LogP contribution is -2.19. The van der Waals surface area contributed by atoms with Crippen molar-refractivity contribution in [3.63, 3.8) is 0 Å². The van der Waals surface area contributed by atoms with Crippen molar-refractivity contribution in [3.8, 4) is 0 Å². The van der Waals surface area contributed by atoms with Gasteiger partial charge in [-0.15, -0.1) is 0 Å². The first-order valence-electron chi connectivity index (χ1n) is 6.63. The number of rotatable bonds is 8. The topological polar surface area (TPSA) is 62.2 Å². The van der Waals surface area contributed by atoms with Gasteiger partial charge in [0.25, 0.3) is 0 Å². The van der Waals surface area contributed by atoms with Gasteiger partial charge in [-0.25, -0.2) is 9.78 Å². The van der Waals surface area contributed by atoms with E-state index >= 15 is 0 Å². The Kier molecular flexibility index (Phi) is 6.19. The zero-order valence-corrected chi connectivity index (χ0v) is 11.1. The minimum absolute atomic E-state index is 0.0844. The number of anilines is 1. The van der Waals surface area contributed by atoms with Crippen LogP contribution in [0.4, 0.5) is 5.69 Å². The van der Waals surface area contributed by atoms with Gasteiger partial charge in [0, 0.05) is 6.04 Å². The second-order valence-corrected chi connectivity index (χ2v) is 4.51. The van der Waals surface area contributed by atoms with E-state index in [1.807, 2.05) is 0 Å². The SMILES string of the molecule is CCCCC(CCC)Nc1ccc(C(=O)O)nc1. The first kappa shape index (κ1) is 14.5. The van der Waals surface area contributed by atoms with Crippen LogP contribution in [0, 0.1) is 0 Å². The average molecular weight is 250 g/mol. The van der Waals surface area contributed by atoms with Gasteiger partial charge >= 0.3 is 5.97 Å². The van der Waals surface area contributed by atoms with E-state index in [4.69, 9.17) is 5.11 Å². The Morgan fingerprint density at radius 3 is 2.61 bits per heavy atom. The summed E-state index contributed by atoms with van der Waals surface area (Å²) in [4.78, 5) is 14.6. The Hall–Kier alpha value is -1.58. The lowest BCUT2D eigenvalue weighted by atomic mass is 10.0. The monoisotopic (exact) mass is 250 g/mol. The van der Waals surface area contributed by atoms with Gasteiger partial charge in [0.2, 0.25) is 0 Å². The van der Waals surface area contributed by atoms with E-state index in [2.05, 4.69) is 24.1 Å². The van der Waals surface area contributed by atoms with Gasteiger partial charge in [-0.2, -0.15) is 0 Å². The van der Waals surface area contributed by atoms with Crippen LogP contribution in [0.15, 0.2) is 18.3 Å². The van der Waals surface area contributed by atoms with Gasteiger partial charge in [-0.05, 0) is 25.0 Å². The van der Waals surface area contributed by atoms with Crippen LogP contribution in [0.2, 0.25) is 0 Å². The molecule has 0 fully saturated rings. The fourth-order valence-electron chi connectivity index (χ4n) is 1.93. The zero-order valence-electron chi connectivity index (χ0n) is 11.1. The lowest BCUT2D eigenvalue weighted by Gasteiger charge is -2.18. The number of hydrogen-bond acceptors (Lipinski definition) is 3. The highest BCUT2D eigenvalue weighted by atomic mass is 16.4. The van der Waals surface area contributed by atoms with Crippen LogP contribution in [-0.2, 0) is 0 Å². The molecule has 0 amide bonds. The molecule has 0 aliphatic heterocycles. The van der Waals surface area contributed by atoms with Gasteiger partial charge in [0.05, 0.1) is 11.9 Å². The highest BCUT2D eigenvalue weighted by molar-refractivity contribution is 5.85. The standard InChI is InChI=1S/C14H22N2O2/c1-3-5-7-11(6-4-2)16-12-8-9-13(14(17)18)15-10-12/h8-11,16H,3-7H2,1-2H3,(H,17,18). The van der Waals surface area contributed by atoms with Crippen LogP contribution in [0.25, 0.3) is 0 Å². The highest BCUT2D eigenvalue weighted by Crippen LogP contribution is 2.14. The van der Waals surface area contributed by atoms with Crippen molar-refractivity contribution >= 4 is 11.7 Å². The van der Waals surface area contributed by atoms with Crippen LogP contribution < -0.4 is 5.32 Å². The van der Waals surface area contributed by atoms with Gasteiger partial charge in [-0.1, -0.05) is 33.1 Å². The summed E-state index contributed by atoms with van der Waals surface area (Å²) in [6.45, 7) is 4.36. The number of carbonyl (C=O) groups is 1. The first-order chi connectivity index (χ1) is 8.67. The molecule has 0 bridgehead atoms. The van der Waals surface area contributed by atoms with Crippen molar-refractivity contribution in [3.05, 3.63) is 24.0 Å². The number of carboxylic acids is 1. The fourth-order valence-corrected chi connectivity index (χ4v) is 1.93. The number of hydrogen-bond donors (Lipinski definition) is 2. The van der Waals surface area contributed by atoms with Crippen LogP contribution in [0.5, 0.6) is 0 Å². The molecule has 0 saturated carbocycles. The minimum atomic E-state index is -0.988. The number of nitrogens with zero attached hydrogens (tertiary/aromatic N) is 1. The summed E-state index contributed by atoms with van der Waals surface area (Å²) in [6.07, 6.45) is 7.40. The average Bonchev–Trinajstić information content (AvgIpc) is 2.37. The van der Waals surface area contributed by atoms with Crippen LogP contribution in [0.3, 0.4) is 0 Å². The number of nitrogens with one attached hydrogen (secondary N) is 1. The maximum atomic E-state index is 10.7. The molecular weight excluding hydrogens is 228 g/mol. The van der Waals surface area contributed by atoms with E-state index in [-0.39, 0.29) is 5.69 Å². The normalized spacial score (nSPS) is 12.1. The number of carboxylic acid groups (broad SMARTS) is 1. The van der Waals surface area contributed by atoms with Crippen molar-refractivity contribution < 1.29 is 9.90 Å². The third kappa shape index (κ3) is 4.73. The number of unbranched alkanes of at least 4 members (excludes halogenated alkanes) is 1. The van der Waals surface area contributed by atoms with Gasteiger partial charge in [0.1, 0.15) is 5.69 Å². The number of pyridine rings is 1. The van der Waals surface area contributed by atoms with Gasteiger partial charge < -0.3 is 10.4 Å². The molecule has 0 radical (unpaired) electrons. The molecule has 1 aromatic rings. The lowest BCUT2D eigenvalue weighted by molar-refractivity contribution is 0.0690. The van der Waals surface area contributed by atoms with E-state index in [1.165, 1.54) is 18.9 Å². The second-order valence-electron chi connectivity index (χ2n) is 4.51. The van der Waals surface area contributed by atoms with Gasteiger partial charge in [-0.3, -0.25) is 0 Å². The molecule has 0 aliphatic carbocycles. The highest BCUT2D eigenvalue weighted by Gasteiger charge is 2.08. The quantitative estimate of drug-likeness (QED) is 0.740. The van der Waals surface area contributed by atoms with Crippen LogP contribution in [0.1, 0.15) is 56.4 Å². The Morgan fingerprint density at radius 2 is 2.11 bits per heavy atom. The Bertz CT molecular complexity index is 363. The van der Waals surface area contributed by atoms with Crippen LogP contribution >= 0.6 is 0 Å². The maximum absolute atomic E-state index is 10.7. The molecule has 1 aromatic heterocycles. The van der Waals surface area contributed by atoms with E-state index in [0.717, 1.165) is 24.9 Å². The smallest absolute Gasteiger partial charge is 0.354 e. The molecule has 0 saturated heterocycles. The molecule has 1 unspecified atom stereocenters. The third-order valence-electron chi connectivity index (χ3n) is 2.90. The molecule has 1 heterocycles. The first-order valence-corrected chi connectivity index (χ1v) is 6.63. The summed E-state index contributed by atoms with van der Waals surface area (Å²) < 4.78 is 0. The molecule has 4 heteroatoms. The van der Waals surface area contributed by atoms with Gasteiger partial charge in [0.15, 0.2) is 0 Å². The fraction of sp³-hybridized carbons (Fsp3) is 0.571. The Morgan fingerprint density at radius 1 is 1.33 bits per heavy atom. The summed E-state index contributed by atoms with van der Waals surface area (Å²) in [7, 11) is 0. The van der Waals surface area contributed by atoms with E-state index in [9.17, 15) is 4.79 Å². The number of aromatic carboxylic acids is 1. The molecule has 1 rings (SSSR count). The maximum Gasteiger partial charge on any atom is 0.354 e. The van der Waals surface area contributed by atoms with E-state index in [0.29, 0.717) is 6.04 Å². The molecule has 4 nitrogen and oxygen atoms in total. The largest absolute Gasteiger partial charge is 0.477 e. The summed E-state index contributed by atoms with van der Waals surface area (Å²) in [5.41, 5.74) is 0.982. The minimum Gasteiger partial charge on any atom is -0.477 e. The van der Waals surface area contributed by atoms with Crippen molar-refractivity contribution in [1.82, 2.24) is 4.98 Å². The Balaban J connectivity index is 2.59. The summed E-state index contributed by atoms with van der Waals surface area (Å²) in [5, 5.41) is 12.2. The summed E-state index contributed by atoms with van der Waals surface area (Å²) in [5.74, 6) is -0.988. The van der Waals surface area contributed by atoms with Crippen molar-refractivity contribution in [2.75, 3.05) is 5.32 Å². The second kappa shape index (κ2) is 7.69. The third-order valence-corrected chi connectivity index (χ3v) is 2.90. The van der Waals surface area contributed by atoms with E-state index < -0.39 is 5.97 Å². The molecule has 0 spiro atoms. The van der Waals surface area contributed by atoms with Crippen molar-refractivity contribution in [1.29, 1.82) is 0 Å². The molecular formula is C14H22N2O2. The summed E-state index contributed by atoms with van der Waals surface area (Å²) in [6, 6.07) is 3.77. The predicted molar refractivity (Wildman–Crippen MR) is 73.0 cm³/mol. The van der Waals surface area contributed by atoms with E-state index in [1.54, 1.807) is 12.3 Å². The molecule has 100 valence electrons. The molecule has 2 N–H and O–H groups in total. The molecule has 0 aliphatic rings. The zero-order chi connectivity index (χ0) is 13.4.